The van der Waals surface area contributed by atoms with Gasteiger partial charge in [0.1, 0.15) is 22.8 Å². The summed E-state index contributed by atoms with van der Waals surface area (Å²) in [7, 11) is 0. The number of aromatic nitrogens is 4. The van der Waals surface area contributed by atoms with E-state index in [0.29, 0.717) is 41.6 Å². The lowest BCUT2D eigenvalue weighted by molar-refractivity contribution is 0.317. The van der Waals surface area contributed by atoms with Crippen molar-refractivity contribution in [2.75, 3.05) is 13.1 Å². The topological polar surface area (TPSA) is 66.8 Å². The van der Waals surface area contributed by atoms with E-state index in [0.717, 1.165) is 25.5 Å². The first-order chi connectivity index (χ1) is 14.5. The summed E-state index contributed by atoms with van der Waals surface area (Å²) in [6.45, 7) is 4.02. The molecule has 2 aromatic heterocycles. The Morgan fingerprint density at radius 2 is 1.87 bits per heavy atom. The normalized spacial score (nSPS) is 23.0. The Labute approximate surface area is 172 Å². The first-order valence-corrected chi connectivity index (χ1v) is 10.6. The minimum atomic E-state index is -0.564. The number of hydrogen-bond acceptors (Lipinski definition) is 4. The molecular formula is C22H25F2N5O. The molecule has 1 saturated carbocycles. The summed E-state index contributed by atoms with van der Waals surface area (Å²) < 4.78 is 29.0. The lowest BCUT2D eigenvalue weighted by Gasteiger charge is -2.16. The molecule has 158 valence electrons. The Hall–Kier alpha value is -2.61. The molecule has 2 fully saturated rings. The van der Waals surface area contributed by atoms with Crippen molar-refractivity contribution >= 4 is 11.0 Å². The molecule has 30 heavy (non-hydrogen) atoms. The molecule has 0 amide bonds. The molecular weight excluding hydrogens is 388 g/mol. The predicted molar refractivity (Wildman–Crippen MR) is 109 cm³/mol. The van der Waals surface area contributed by atoms with Gasteiger partial charge in [-0.1, -0.05) is 19.8 Å². The second-order valence-corrected chi connectivity index (χ2v) is 8.77. The maximum absolute atomic E-state index is 13.5. The molecule has 0 bridgehead atoms. The molecule has 1 saturated heterocycles. The van der Waals surface area contributed by atoms with E-state index in [1.165, 1.54) is 25.0 Å². The van der Waals surface area contributed by atoms with Gasteiger partial charge in [-0.05, 0) is 36.5 Å². The van der Waals surface area contributed by atoms with Crippen LogP contribution in [0.3, 0.4) is 0 Å². The van der Waals surface area contributed by atoms with E-state index >= 15 is 0 Å². The fourth-order valence-electron chi connectivity index (χ4n) is 5.06. The van der Waals surface area contributed by atoms with Crippen molar-refractivity contribution in [3.8, 4) is 0 Å². The van der Waals surface area contributed by atoms with Crippen molar-refractivity contribution in [2.24, 2.45) is 5.92 Å². The van der Waals surface area contributed by atoms with E-state index in [2.05, 4.69) is 21.9 Å². The molecule has 1 aliphatic carbocycles. The third-order valence-electron chi connectivity index (χ3n) is 6.52. The fourth-order valence-corrected chi connectivity index (χ4v) is 5.06. The average molecular weight is 413 g/mol. The van der Waals surface area contributed by atoms with Gasteiger partial charge in [0.2, 0.25) is 0 Å². The summed E-state index contributed by atoms with van der Waals surface area (Å²) in [6, 6.07) is 3.93. The number of H-pyrrole nitrogens is 1. The third kappa shape index (κ3) is 3.53. The summed E-state index contributed by atoms with van der Waals surface area (Å²) in [5.74, 6) is -0.150. The Kier molecular flexibility index (Phi) is 4.89. The van der Waals surface area contributed by atoms with Crippen molar-refractivity contribution in [3.63, 3.8) is 0 Å². The molecule has 0 unspecified atom stereocenters. The summed E-state index contributed by atoms with van der Waals surface area (Å²) in [5.41, 5.74) is 1.12. The zero-order valence-electron chi connectivity index (χ0n) is 16.9. The van der Waals surface area contributed by atoms with Crippen LogP contribution in [0.2, 0.25) is 0 Å². The van der Waals surface area contributed by atoms with Crippen molar-refractivity contribution in [2.45, 2.75) is 51.1 Å². The Balaban J connectivity index is 1.42. The zero-order valence-corrected chi connectivity index (χ0v) is 16.9. The van der Waals surface area contributed by atoms with Gasteiger partial charge in [0, 0.05) is 31.6 Å². The van der Waals surface area contributed by atoms with Crippen LogP contribution in [0.5, 0.6) is 0 Å². The number of halogens is 2. The number of nitrogens with one attached hydrogen (secondary N) is 1. The molecule has 2 atom stereocenters. The SMILES string of the molecule is C[C@@H]1CN(Cc2cc(F)cc(F)c2)C[C@H]1c1nc2c(cnn2C2CCCC2)c(=O)[nH]1. The minimum Gasteiger partial charge on any atom is -0.310 e. The molecule has 3 aromatic rings. The Morgan fingerprint density at radius 3 is 2.60 bits per heavy atom. The number of nitrogens with zero attached hydrogens (tertiary/aromatic N) is 4. The minimum absolute atomic E-state index is 0.0486. The van der Waals surface area contributed by atoms with Crippen molar-refractivity contribution < 1.29 is 8.78 Å². The van der Waals surface area contributed by atoms with E-state index in [1.54, 1.807) is 6.20 Å². The van der Waals surface area contributed by atoms with Crippen LogP contribution in [-0.4, -0.2) is 37.7 Å². The van der Waals surface area contributed by atoms with Gasteiger partial charge >= 0.3 is 0 Å². The highest BCUT2D eigenvalue weighted by Gasteiger charge is 2.33. The van der Waals surface area contributed by atoms with Gasteiger partial charge in [0.05, 0.1) is 12.2 Å². The number of fused-ring (bicyclic) bond motifs is 1. The molecule has 1 N–H and O–H groups in total. The number of hydrogen-bond donors (Lipinski definition) is 1. The largest absolute Gasteiger partial charge is 0.310 e. The van der Waals surface area contributed by atoms with Crippen molar-refractivity contribution in [3.05, 3.63) is 57.8 Å². The lowest BCUT2D eigenvalue weighted by Crippen LogP contribution is -2.22. The van der Waals surface area contributed by atoms with E-state index in [1.807, 2.05) is 4.68 Å². The lowest BCUT2D eigenvalue weighted by atomic mass is 9.97. The average Bonchev–Trinajstić information content (AvgIpc) is 3.40. The van der Waals surface area contributed by atoms with Gasteiger partial charge in [0.15, 0.2) is 5.65 Å². The van der Waals surface area contributed by atoms with Crippen LogP contribution < -0.4 is 5.56 Å². The molecule has 2 aliphatic rings. The van der Waals surface area contributed by atoms with Crippen LogP contribution in [0.4, 0.5) is 8.78 Å². The third-order valence-corrected chi connectivity index (χ3v) is 6.52. The van der Waals surface area contributed by atoms with Gasteiger partial charge in [-0.2, -0.15) is 5.10 Å². The van der Waals surface area contributed by atoms with Crippen LogP contribution in [0.1, 0.15) is 56.0 Å². The van der Waals surface area contributed by atoms with Crippen molar-refractivity contribution in [1.82, 2.24) is 24.6 Å². The molecule has 1 aliphatic heterocycles. The standard InChI is InChI=1S/C22H25F2N5O/c1-13-10-28(11-14-6-15(23)8-16(24)7-14)12-19(13)20-26-21-18(22(30)27-20)9-25-29(21)17-4-2-3-5-17/h6-9,13,17,19H,2-5,10-12H2,1H3,(H,26,27,30)/t13-,19-/m1/s1. The number of benzene rings is 1. The number of rotatable bonds is 4. The molecule has 0 spiro atoms. The smallest absolute Gasteiger partial charge is 0.262 e. The fraction of sp³-hybridized carbons (Fsp3) is 0.500. The molecule has 6 nitrogen and oxygen atoms in total. The molecule has 8 heteroatoms. The highest BCUT2D eigenvalue weighted by atomic mass is 19.1. The number of aromatic amines is 1. The summed E-state index contributed by atoms with van der Waals surface area (Å²) in [5, 5.41) is 5.00. The van der Waals surface area contributed by atoms with Gasteiger partial charge in [-0.3, -0.25) is 9.69 Å². The molecule has 5 rings (SSSR count). The van der Waals surface area contributed by atoms with Gasteiger partial charge in [-0.25, -0.2) is 18.4 Å². The van der Waals surface area contributed by atoms with Crippen LogP contribution in [-0.2, 0) is 6.54 Å². The van der Waals surface area contributed by atoms with E-state index in [9.17, 15) is 13.6 Å². The highest BCUT2D eigenvalue weighted by Crippen LogP contribution is 2.33. The highest BCUT2D eigenvalue weighted by molar-refractivity contribution is 5.73. The van der Waals surface area contributed by atoms with E-state index in [-0.39, 0.29) is 17.4 Å². The second-order valence-electron chi connectivity index (χ2n) is 8.77. The zero-order chi connectivity index (χ0) is 20.8. The maximum Gasteiger partial charge on any atom is 0.262 e. The van der Waals surface area contributed by atoms with Gasteiger partial charge in [0.25, 0.3) is 5.56 Å². The Bertz CT molecular complexity index is 1110. The maximum atomic E-state index is 13.5. The monoisotopic (exact) mass is 413 g/mol. The van der Waals surface area contributed by atoms with Gasteiger partial charge < -0.3 is 4.98 Å². The molecule has 0 radical (unpaired) electrons. The summed E-state index contributed by atoms with van der Waals surface area (Å²) in [4.78, 5) is 22.7. The van der Waals surface area contributed by atoms with E-state index in [4.69, 9.17) is 4.98 Å². The van der Waals surface area contributed by atoms with Crippen LogP contribution >= 0.6 is 0 Å². The van der Waals surface area contributed by atoms with Gasteiger partial charge in [-0.15, -0.1) is 0 Å². The Morgan fingerprint density at radius 1 is 1.13 bits per heavy atom. The first kappa shape index (κ1) is 19.4. The second kappa shape index (κ2) is 7.58. The van der Waals surface area contributed by atoms with Crippen LogP contribution in [0.25, 0.3) is 11.0 Å². The summed E-state index contributed by atoms with van der Waals surface area (Å²) >= 11 is 0. The number of likely N-dealkylation sites (tertiary alicyclic amines) is 1. The van der Waals surface area contributed by atoms with Crippen LogP contribution in [0, 0.1) is 17.6 Å². The molecule has 1 aromatic carbocycles. The summed E-state index contributed by atoms with van der Waals surface area (Å²) in [6.07, 6.45) is 6.11. The molecule has 3 heterocycles. The van der Waals surface area contributed by atoms with Crippen molar-refractivity contribution in [1.29, 1.82) is 0 Å². The predicted octanol–water partition coefficient (Wildman–Crippen LogP) is 3.75. The van der Waals surface area contributed by atoms with E-state index < -0.39 is 11.6 Å². The van der Waals surface area contributed by atoms with Crippen LogP contribution in [0.15, 0.2) is 29.2 Å². The quantitative estimate of drug-likeness (QED) is 0.708. The first-order valence-electron chi connectivity index (χ1n) is 10.6.